The van der Waals surface area contributed by atoms with Crippen molar-refractivity contribution in [3.63, 3.8) is 0 Å². The van der Waals surface area contributed by atoms with Crippen LogP contribution in [0.25, 0.3) is 16.7 Å². The zero-order chi connectivity index (χ0) is 20.5. The molecule has 0 spiro atoms. The van der Waals surface area contributed by atoms with Gasteiger partial charge in [-0.25, -0.2) is 4.98 Å². The van der Waals surface area contributed by atoms with Crippen molar-refractivity contribution in [1.82, 2.24) is 24.3 Å². The summed E-state index contributed by atoms with van der Waals surface area (Å²) < 4.78 is 3.06. The van der Waals surface area contributed by atoms with E-state index < -0.39 is 5.91 Å². The van der Waals surface area contributed by atoms with Gasteiger partial charge in [0.1, 0.15) is 16.8 Å². The minimum absolute atomic E-state index is 0.00265. The van der Waals surface area contributed by atoms with Crippen LogP contribution in [0, 0.1) is 12.3 Å². The summed E-state index contributed by atoms with van der Waals surface area (Å²) in [6, 6.07) is 8.81. The molecular weight excluding hydrogens is 368 g/mol. The predicted octanol–water partition coefficient (Wildman–Crippen LogP) is 1.63. The SMILES string of the molecule is CCNC(=O)c1cc2c(=O)n3cccc(C)c3nc2n(Cc2cccnc2)c1=N. The standard InChI is InChI=1S/C21H20N6O2/c1-3-24-20(28)15-10-16-19(25-18-13(2)6-5-9-26(18)21(16)29)27(17(15)22)12-14-7-4-8-23-11-14/h4-11,22H,3,12H2,1-2H3,(H,24,28). The fraction of sp³-hybridized carbons (Fsp3) is 0.190. The minimum atomic E-state index is -0.395. The van der Waals surface area contributed by atoms with Gasteiger partial charge in [0.15, 0.2) is 0 Å². The molecule has 146 valence electrons. The third-order valence-corrected chi connectivity index (χ3v) is 4.78. The number of fused-ring (bicyclic) bond motifs is 2. The second-order valence-electron chi connectivity index (χ2n) is 6.75. The molecule has 4 aromatic heterocycles. The number of nitrogens with one attached hydrogen (secondary N) is 2. The first kappa shape index (κ1) is 18.5. The molecule has 0 aliphatic rings. The summed E-state index contributed by atoms with van der Waals surface area (Å²) in [7, 11) is 0. The Hall–Kier alpha value is -3.81. The van der Waals surface area contributed by atoms with Crippen molar-refractivity contribution in [3.8, 4) is 0 Å². The Morgan fingerprint density at radius 1 is 1.24 bits per heavy atom. The van der Waals surface area contributed by atoms with Crippen LogP contribution in [0.4, 0.5) is 0 Å². The molecule has 4 heterocycles. The Morgan fingerprint density at radius 3 is 2.79 bits per heavy atom. The van der Waals surface area contributed by atoms with E-state index in [1.165, 1.54) is 10.5 Å². The second-order valence-corrected chi connectivity index (χ2v) is 6.75. The minimum Gasteiger partial charge on any atom is -0.352 e. The van der Waals surface area contributed by atoms with E-state index in [2.05, 4.69) is 10.3 Å². The maximum absolute atomic E-state index is 13.2. The lowest BCUT2D eigenvalue weighted by Crippen LogP contribution is -2.35. The zero-order valence-electron chi connectivity index (χ0n) is 16.1. The number of carbonyl (C=O) groups is 1. The Balaban J connectivity index is 2.11. The molecule has 0 saturated heterocycles. The number of aryl methyl sites for hydroxylation is 1. The van der Waals surface area contributed by atoms with Gasteiger partial charge in [-0.1, -0.05) is 12.1 Å². The van der Waals surface area contributed by atoms with E-state index in [0.29, 0.717) is 17.8 Å². The molecule has 0 aromatic carbocycles. The zero-order valence-corrected chi connectivity index (χ0v) is 16.1. The number of rotatable bonds is 4. The van der Waals surface area contributed by atoms with Crippen LogP contribution >= 0.6 is 0 Å². The number of hydrogen-bond donors (Lipinski definition) is 2. The smallest absolute Gasteiger partial charge is 0.267 e. The lowest BCUT2D eigenvalue weighted by atomic mass is 10.1. The number of pyridine rings is 3. The summed E-state index contributed by atoms with van der Waals surface area (Å²) in [6.45, 7) is 4.38. The maximum Gasteiger partial charge on any atom is 0.267 e. The summed E-state index contributed by atoms with van der Waals surface area (Å²) >= 11 is 0. The first-order valence-electron chi connectivity index (χ1n) is 9.28. The summed E-state index contributed by atoms with van der Waals surface area (Å²) in [5, 5.41) is 11.6. The van der Waals surface area contributed by atoms with Crippen molar-refractivity contribution in [3.05, 3.63) is 81.5 Å². The normalized spacial score (nSPS) is 11.1. The van der Waals surface area contributed by atoms with Gasteiger partial charge in [0.2, 0.25) is 0 Å². The van der Waals surface area contributed by atoms with Gasteiger partial charge in [-0.15, -0.1) is 0 Å². The molecule has 0 aliphatic heterocycles. The van der Waals surface area contributed by atoms with Gasteiger partial charge in [-0.05, 0) is 43.2 Å². The molecule has 1 amide bonds. The van der Waals surface area contributed by atoms with Gasteiger partial charge in [0, 0.05) is 25.1 Å². The maximum atomic E-state index is 13.2. The third kappa shape index (κ3) is 3.18. The molecule has 2 N–H and O–H groups in total. The van der Waals surface area contributed by atoms with Crippen molar-refractivity contribution in [1.29, 1.82) is 5.41 Å². The molecule has 0 radical (unpaired) electrons. The van der Waals surface area contributed by atoms with Crippen molar-refractivity contribution in [2.45, 2.75) is 20.4 Å². The Labute approximate surface area is 166 Å². The number of hydrogen-bond acceptors (Lipinski definition) is 5. The van der Waals surface area contributed by atoms with Crippen molar-refractivity contribution in [2.24, 2.45) is 0 Å². The van der Waals surface area contributed by atoms with Crippen LogP contribution in [-0.2, 0) is 6.54 Å². The van der Waals surface area contributed by atoms with Crippen LogP contribution < -0.4 is 16.4 Å². The molecule has 0 saturated carbocycles. The number of carbonyl (C=O) groups excluding carboxylic acids is 1. The Morgan fingerprint density at radius 2 is 2.07 bits per heavy atom. The molecule has 8 heteroatoms. The third-order valence-electron chi connectivity index (χ3n) is 4.78. The first-order valence-corrected chi connectivity index (χ1v) is 9.28. The molecule has 0 fully saturated rings. The van der Waals surface area contributed by atoms with Gasteiger partial charge in [-0.3, -0.25) is 24.4 Å². The molecule has 8 nitrogen and oxygen atoms in total. The molecule has 0 atom stereocenters. The van der Waals surface area contributed by atoms with Crippen molar-refractivity contribution < 1.29 is 4.79 Å². The largest absolute Gasteiger partial charge is 0.352 e. The van der Waals surface area contributed by atoms with Crippen LogP contribution in [0.15, 0.2) is 53.7 Å². The highest BCUT2D eigenvalue weighted by Crippen LogP contribution is 2.14. The number of aromatic nitrogens is 4. The first-order chi connectivity index (χ1) is 14.0. The van der Waals surface area contributed by atoms with Gasteiger partial charge in [0.05, 0.1) is 17.5 Å². The van der Waals surface area contributed by atoms with E-state index >= 15 is 0 Å². The van der Waals surface area contributed by atoms with Gasteiger partial charge < -0.3 is 9.88 Å². The summed E-state index contributed by atoms with van der Waals surface area (Å²) in [4.78, 5) is 34.6. The van der Waals surface area contributed by atoms with Crippen LogP contribution in [0.5, 0.6) is 0 Å². The second kappa shape index (κ2) is 7.31. The molecule has 0 aliphatic carbocycles. The fourth-order valence-corrected chi connectivity index (χ4v) is 3.35. The van der Waals surface area contributed by atoms with Crippen LogP contribution in [-0.4, -0.2) is 31.4 Å². The van der Waals surface area contributed by atoms with Crippen LogP contribution in [0.2, 0.25) is 0 Å². The summed E-state index contributed by atoms with van der Waals surface area (Å²) in [6.07, 6.45) is 5.01. The lowest BCUT2D eigenvalue weighted by molar-refractivity contribution is 0.0953. The van der Waals surface area contributed by atoms with Crippen molar-refractivity contribution >= 4 is 22.6 Å². The highest BCUT2D eigenvalue weighted by Gasteiger charge is 2.18. The van der Waals surface area contributed by atoms with Gasteiger partial charge in [-0.2, -0.15) is 0 Å². The average Bonchev–Trinajstić information content (AvgIpc) is 2.72. The molecule has 0 unspecified atom stereocenters. The summed E-state index contributed by atoms with van der Waals surface area (Å²) in [5.41, 5.74) is 2.43. The quantitative estimate of drug-likeness (QED) is 0.518. The highest BCUT2D eigenvalue weighted by molar-refractivity contribution is 5.96. The molecule has 4 rings (SSSR count). The number of amides is 1. The molecule has 0 bridgehead atoms. The van der Waals surface area contributed by atoms with Crippen LogP contribution in [0.3, 0.4) is 0 Å². The highest BCUT2D eigenvalue weighted by atomic mass is 16.1. The predicted molar refractivity (Wildman–Crippen MR) is 109 cm³/mol. The molecule has 29 heavy (non-hydrogen) atoms. The lowest BCUT2D eigenvalue weighted by Gasteiger charge is -2.15. The van der Waals surface area contributed by atoms with E-state index in [4.69, 9.17) is 10.4 Å². The molecular formula is C21H20N6O2. The topological polar surface area (TPSA) is 105 Å². The summed E-state index contributed by atoms with van der Waals surface area (Å²) in [5.74, 6) is -0.395. The average molecular weight is 388 g/mol. The van der Waals surface area contributed by atoms with Gasteiger partial charge in [0.25, 0.3) is 11.5 Å². The van der Waals surface area contributed by atoms with E-state index in [1.54, 1.807) is 42.2 Å². The van der Waals surface area contributed by atoms with E-state index in [-0.39, 0.29) is 28.5 Å². The van der Waals surface area contributed by atoms with Gasteiger partial charge >= 0.3 is 0 Å². The Kier molecular flexibility index (Phi) is 4.67. The van der Waals surface area contributed by atoms with E-state index in [9.17, 15) is 9.59 Å². The Bertz CT molecular complexity index is 1360. The molecule has 4 aromatic rings. The van der Waals surface area contributed by atoms with E-state index in [0.717, 1.165) is 11.1 Å². The monoisotopic (exact) mass is 388 g/mol. The van der Waals surface area contributed by atoms with Crippen LogP contribution in [0.1, 0.15) is 28.4 Å². The fourth-order valence-electron chi connectivity index (χ4n) is 3.35. The van der Waals surface area contributed by atoms with E-state index in [1.807, 2.05) is 19.1 Å². The van der Waals surface area contributed by atoms with Crippen molar-refractivity contribution in [2.75, 3.05) is 6.54 Å². The number of nitrogens with zero attached hydrogens (tertiary/aromatic N) is 4.